The van der Waals surface area contributed by atoms with E-state index in [0.29, 0.717) is 16.5 Å². The van der Waals surface area contributed by atoms with Crippen molar-refractivity contribution in [2.75, 3.05) is 17.7 Å². The number of nitrogens with zero attached hydrogens (tertiary/aromatic N) is 3. The molecule has 0 amide bonds. The molecule has 0 aliphatic heterocycles. The molecule has 28 heavy (non-hydrogen) atoms. The zero-order chi connectivity index (χ0) is 20.3. The first-order valence-electron chi connectivity index (χ1n) is 7.90. The molecule has 0 fully saturated rings. The van der Waals surface area contributed by atoms with E-state index >= 15 is 0 Å². The standard InChI is InChI=1S/C19H14F3N5S/c1-28-18-26-16(12-3-2-4-13(9-12)19(20,21)22)14(17(24)27-18)7-5-11-6-8-15(23)25-10-11/h2-4,6,8-10H,1H3,(H2,23,25)(H2,24,26,27). The number of anilines is 2. The predicted molar refractivity (Wildman–Crippen MR) is 103 cm³/mol. The van der Waals surface area contributed by atoms with Crippen LogP contribution in [0.4, 0.5) is 24.8 Å². The summed E-state index contributed by atoms with van der Waals surface area (Å²) in [4.78, 5) is 12.4. The van der Waals surface area contributed by atoms with E-state index in [1.807, 2.05) is 0 Å². The summed E-state index contributed by atoms with van der Waals surface area (Å²) >= 11 is 1.23. The van der Waals surface area contributed by atoms with E-state index in [1.165, 1.54) is 30.1 Å². The second-order valence-electron chi connectivity index (χ2n) is 5.62. The summed E-state index contributed by atoms with van der Waals surface area (Å²) in [6.07, 6.45) is -1.24. The SMILES string of the molecule is CSc1nc(N)c(C#Cc2ccc(N)nc2)c(-c2cccc(C(F)(F)F)c2)n1. The maximum atomic E-state index is 13.1. The van der Waals surface area contributed by atoms with Gasteiger partial charge < -0.3 is 11.5 Å². The molecule has 0 saturated carbocycles. The van der Waals surface area contributed by atoms with Crippen LogP contribution >= 0.6 is 11.8 Å². The highest BCUT2D eigenvalue weighted by atomic mass is 32.2. The molecule has 142 valence electrons. The second kappa shape index (κ2) is 7.78. The van der Waals surface area contributed by atoms with Gasteiger partial charge in [-0.1, -0.05) is 35.7 Å². The van der Waals surface area contributed by atoms with E-state index in [4.69, 9.17) is 11.5 Å². The highest BCUT2D eigenvalue weighted by molar-refractivity contribution is 7.98. The molecule has 3 aromatic rings. The van der Waals surface area contributed by atoms with Crippen molar-refractivity contribution in [2.24, 2.45) is 0 Å². The molecule has 0 aliphatic carbocycles. The number of benzene rings is 1. The first-order chi connectivity index (χ1) is 13.3. The first-order valence-corrected chi connectivity index (χ1v) is 9.13. The van der Waals surface area contributed by atoms with E-state index in [2.05, 4.69) is 26.8 Å². The fourth-order valence-electron chi connectivity index (χ4n) is 2.34. The number of hydrogen-bond acceptors (Lipinski definition) is 6. The number of nitrogen functional groups attached to an aromatic ring is 2. The zero-order valence-electron chi connectivity index (χ0n) is 14.6. The van der Waals surface area contributed by atoms with Crippen LogP contribution in [0.25, 0.3) is 11.3 Å². The topological polar surface area (TPSA) is 90.7 Å². The van der Waals surface area contributed by atoms with Crippen LogP contribution in [0.1, 0.15) is 16.7 Å². The minimum Gasteiger partial charge on any atom is -0.384 e. The number of nitrogens with two attached hydrogens (primary N) is 2. The fourth-order valence-corrected chi connectivity index (χ4v) is 2.71. The van der Waals surface area contributed by atoms with Gasteiger partial charge in [-0.3, -0.25) is 0 Å². The monoisotopic (exact) mass is 401 g/mol. The number of pyridine rings is 1. The van der Waals surface area contributed by atoms with Gasteiger partial charge in [-0.2, -0.15) is 13.2 Å². The van der Waals surface area contributed by atoms with Crippen molar-refractivity contribution in [2.45, 2.75) is 11.3 Å². The summed E-state index contributed by atoms with van der Waals surface area (Å²) in [5.41, 5.74) is 12.1. The van der Waals surface area contributed by atoms with Crippen LogP contribution in [0, 0.1) is 11.8 Å². The van der Waals surface area contributed by atoms with Gasteiger partial charge in [-0.05, 0) is 30.5 Å². The van der Waals surface area contributed by atoms with E-state index < -0.39 is 11.7 Å². The molecule has 1 aromatic carbocycles. The van der Waals surface area contributed by atoms with Gasteiger partial charge in [0.25, 0.3) is 0 Å². The normalized spacial score (nSPS) is 11.0. The van der Waals surface area contributed by atoms with Crippen molar-refractivity contribution in [1.29, 1.82) is 0 Å². The third kappa shape index (κ3) is 4.35. The second-order valence-corrected chi connectivity index (χ2v) is 6.39. The molecular weight excluding hydrogens is 387 g/mol. The highest BCUT2D eigenvalue weighted by Gasteiger charge is 2.30. The molecule has 3 rings (SSSR count). The molecule has 5 nitrogen and oxygen atoms in total. The molecule has 0 bridgehead atoms. The van der Waals surface area contributed by atoms with E-state index in [9.17, 15) is 13.2 Å². The summed E-state index contributed by atoms with van der Waals surface area (Å²) in [6.45, 7) is 0. The molecule has 2 heterocycles. The Morgan fingerprint density at radius 1 is 1.04 bits per heavy atom. The van der Waals surface area contributed by atoms with Crippen LogP contribution < -0.4 is 11.5 Å². The van der Waals surface area contributed by atoms with Gasteiger partial charge in [0.2, 0.25) is 0 Å². The van der Waals surface area contributed by atoms with Crippen LogP contribution in [-0.2, 0) is 6.18 Å². The number of alkyl halides is 3. The zero-order valence-corrected chi connectivity index (χ0v) is 15.4. The molecule has 0 aliphatic rings. The molecule has 0 unspecified atom stereocenters. The van der Waals surface area contributed by atoms with Gasteiger partial charge in [-0.25, -0.2) is 15.0 Å². The Morgan fingerprint density at radius 2 is 1.82 bits per heavy atom. The molecule has 0 atom stereocenters. The highest BCUT2D eigenvalue weighted by Crippen LogP contribution is 2.33. The summed E-state index contributed by atoms with van der Waals surface area (Å²) in [7, 11) is 0. The van der Waals surface area contributed by atoms with Gasteiger partial charge in [0.05, 0.1) is 16.8 Å². The Kier molecular flexibility index (Phi) is 5.42. The first kappa shape index (κ1) is 19.5. The smallest absolute Gasteiger partial charge is 0.384 e. The van der Waals surface area contributed by atoms with E-state index in [0.717, 1.165) is 12.1 Å². The van der Waals surface area contributed by atoms with Crippen LogP contribution in [-0.4, -0.2) is 21.2 Å². The Hall–Kier alpha value is -3.25. The summed E-state index contributed by atoms with van der Waals surface area (Å²) in [5, 5.41) is 0.338. The average molecular weight is 401 g/mol. The van der Waals surface area contributed by atoms with Crippen LogP contribution in [0.2, 0.25) is 0 Å². The quantitative estimate of drug-likeness (QED) is 0.385. The Labute approximate surface area is 163 Å². The molecular formula is C19H14F3N5S. The summed E-state index contributed by atoms with van der Waals surface area (Å²) in [5.74, 6) is 6.15. The molecule has 0 saturated heterocycles. The van der Waals surface area contributed by atoms with Gasteiger partial charge in [0, 0.05) is 17.3 Å². The Balaban J connectivity index is 2.16. The van der Waals surface area contributed by atoms with Crippen LogP contribution in [0.15, 0.2) is 47.8 Å². The molecule has 2 aromatic heterocycles. The Morgan fingerprint density at radius 3 is 2.46 bits per heavy atom. The van der Waals surface area contributed by atoms with Crippen molar-refractivity contribution in [1.82, 2.24) is 15.0 Å². The number of thioether (sulfide) groups is 1. The number of rotatable bonds is 2. The van der Waals surface area contributed by atoms with Crippen molar-refractivity contribution >= 4 is 23.4 Å². The lowest BCUT2D eigenvalue weighted by Gasteiger charge is -2.11. The minimum atomic E-state index is -4.47. The van der Waals surface area contributed by atoms with Crippen molar-refractivity contribution < 1.29 is 13.2 Å². The molecule has 4 N–H and O–H groups in total. The van der Waals surface area contributed by atoms with Crippen molar-refractivity contribution in [3.05, 3.63) is 59.3 Å². The number of halogens is 3. The van der Waals surface area contributed by atoms with Gasteiger partial charge in [-0.15, -0.1) is 0 Å². The maximum absolute atomic E-state index is 13.1. The van der Waals surface area contributed by atoms with Crippen LogP contribution in [0.3, 0.4) is 0 Å². The van der Waals surface area contributed by atoms with Gasteiger partial charge >= 0.3 is 6.18 Å². The molecule has 0 spiro atoms. The minimum absolute atomic E-state index is 0.0858. The van der Waals surface area contributed by atoms with Crippen molar-refractivity contribution in [3.63, 3.8) is 0 Å². The fraction of sp³-hybridized carbons (Fsp3) is 0.105. The Bertz CT molecular complexity index is 1070. The summed E-state index contributed by atoms with van der Waals surface area (Å²) in [6, 6.07) is 8.12. The number of aromatic nitrogens is 3. The lowest BCUT2D eigenvalue weighted by atomic mass is 10.0. The molecule has 0 radical (unpaired) electrons. The maximum Gasteiger partial charge on any atom is 0.416 e. The van der Waals surface area contributed by atoms with Gasteiger partial charge in [0.15, 0.2) is 5.16 Å². The largest absolute Gasteiger partial charge is 0.416 e. The third-order valence-corrected chi connectivity index (χ3v) is 4.23. The predicted octanol–water partition coefficient (Wildman–Crippen LogP) is 3.84. The number of hydrogen-bond donors (Lipinski definition) is 2. The van der Waals surface area contributed by atoms with E-state index in [1.54, 1.807) is 18.4 Å². The third-order valence-electron chi connectivity index (χ3n) is 3.68. The van der Waals surface area contributed by atoms with Crippen LogP contribution in [0.5, 0.6) is 0 Å². The average Bonchev–Trinajstić information content (AvgIpc) is 2.67. The lowest BCUT2D eigenvalue weighted by molar-refractivity contribution is -0.137. The lowest BCUT2D eigenvalue weighted by Crippen LogP contribution is -2.06. The van der Waals surface area contributed by atoms with Gasteiger partial charge in [0.1, 0.15) is 11.6 Å². The van der Waals surface area contributed by atoms with Crippen molar-refractivity contribution in [3.8, 4) is 23.1 Å². The summed E-state index contributed by atoms with van der Waals surface area (Å²) < 4.78 is 39.3. The molecule has 9 heteroatoms. The van der Waals surface area contributed by atoms with E-state index in [-0.39, 0.29) is 22.6 Å².